The van der Waals surface area contributed by atoms with Crippen LogP contribution in [0.5, 0.6) is 0 Å². The highest BCUT2D eigenvalue weighted by Gasteiger charge is 2.59. The van der Waals surface area contributed by atoms with Gasteiger partial charge in [-0.1, -0.05) is 6.07 Å². The van der Waals surface area contributed by atoms with Crippen LogP contribution in [-0.4, -0.2) is 18.3 Å². The molecule has 1 aliphatic heterocycles. The Morgan fingerprint density at radius 1 is 1.15 bits per heavy atom. The summed E-state index contributed by atoms with van der Waals surface area (Å²) in [5.41, 5.74) is 1.70. The molecular formula is C16H22BFO2. The summed E-state index contributed by atoms with van der Waals surface area (Å²) in [4.78, 5) is 0. The van der Waals surface area contributed by atoms with Crippen molar-refractivity contribution in [1.29, 1.82) is 0 Å². The highest BCUT2D eigenvalue weighted by atomic mass is 19.1. The van der Waals surface area contributed by atoms with E-state index in [1.165, 1.54) is 5.56 Å². The van der Waals surface area contributed by atoms with Crippen LogP contribution in [-0.2, 0) is 9.31 Å². The van der Waals surface area contributed by atoms with Crippen molar-refractivity contribution in [3.63, 3.8) is 0 Å². The maximum atomic E-state index is 13.2. The fraction of sp³-hybridized carbons (Fsp3) is 0.625. The molecule has 2 fully saturated rings. The van der Waals surface area contributed by atoms with E-state index in [0.717, 1.165) is 12.0 Å². The number of aryl methyl sites for hydroxylation is 1. The number of hydrogen-bond donors (Lipinski definition) is 0. The zero-order valence-corrected chi connectivity index (χ0v) is 12.9. The highest BCUT2D eigenvalue weighted by molar-refractivity contribution is 6.49. The first-order valence-corrected chi connectivity index (χ1v) is 7.33. The first-order chi connectivity index (χ1) is 9.21. The van der Waals surface area contributed by atoms with Gasteiger partial charge in [0.15, 0.2) is 0 Å². The van der Waals surface area contributed by atoms with Crippen molar-refractivity contribution in [1.82, 2.24) is 0 Å². The Morgan fingerprint density at radius 3 is 2.30 bits per heavy atom. The summed E-state index contributed by atoms with van der Waals surface area (Å²) >= 11 is 0. The minimum atomic E-state index is -0.275. The molecule has 0 amide bonds. The molecule has 1 aliphatic carbocycles. The maximum absolute atomic E-state index is 13.2. The van der Waals surface area contributed by atoms with E-state index in [2.05, 4.69) is 27.7 Å². The quantitative estimate of drug-likeness (QED) is 0.758. The molecule has 108 valence electrons. The molecule has 0 bridgehead atoms. The molecule has 1 saturated heterocycles. The van der Waals surface area contributed by atoms with E-state index < -0.39 is 0 Å². The monoisotopic (exact) mass is 276 g/mol. The lowest BCUT2D eigenvalue weighted by molar-refractivity contribution is 0.00578. The molecule has 0 N–H and O–H groups in total. The van der Waals surface area contributed by atoms with Crippen LogP contribution < -0.4 is 0 Å². The summed E-state index contributed by atoms with van der Waals surface area (Å²) in [5, 5.41) is 0. The predicted molar refractivity (Wildman–Crippen MR) is 78.3 cm³/mol. The Morgan fingerprint density at radius 2 is 1.75 bits per heavy atom. The van der Waals surface area contributed by atoms with E-state index in [4.69, 9.17) is 9.31 Å². The Bertz CT molecular complexity index is 525. The molecule has 2 aliphatic rings. The minimum absolute atomic E-state index is 0.144. The second-order valence-corrected chi connectivity index (χ2v) is 7.13. The van der Waals surface area contributed by atoms with Crippen molar-refractivity contribution in [3.05, 3.63) is 35.1 Å². The van der Waals surface area contributed by atoms with Crippen LogP contribution in [0.15, 0.2) is 18.2 Å². The average molecular weight is 276 g/mol. The van der Waals surface area contributed by atoms with Crippen LogP contribution >= 0.6 is 0 Å². The van der Waals surface area contributed by atoms with Crippen LogP contribution in [0.2, 0.25) is 5.82 Å². The zero-order valence-electron chi connectivity index (χ0n) is 12.9. The van der Waals surface area contributed by atoms with E-state index >= 15 is 0 Å². The van der Waals surface area contributed by atoms with Crippen LogP contribution in [0.1, 0.15) is 51.2 Å². The molecule has 1 aromatic carbocycles. The van der Waals surface area contributed by atoms with Gasteiger partial charge in [-0.25, -0.2) is 4.39 Å². The topological polar surface area (TPSA) is 18.5 Å². The minimum Gasteiger partial charge on any atom is -0.403 e. The van der Waals surface area contributed by atoms with Gasteiger partial charge in [-0.05, 0) is 70.2 Å². The summed E-state index contributed by atoms with van der Waals surface area (Å²) in [5.74, 6) is 0.657. The second kappa shape index (κ2) is 4.31. The summed E-state index contributed by atoms with van der Waals surface area (Å²) in [7, 11) is -0.144. The van der Waals surface area contributed by atoms with Crippen molar-refractivity contribution in [2.45, 2.75) is 64.0 Å². The van der Waals surface area contributed by atoms with Gasteiger partial charge in [0, 0.05) is 5.82 Å². The Hall–Kier alpha value is -0.865. The van der Waals surface area contributed by atoms with Crippen LogP contribution in [0.3, 0.4) is 0 Å². The number of rotatable bonds is 2. The Balaban J connectivity index is 1.74. The Labute approximate surface area is 120 Å². The van der Waals surface area contributed by atoms with Crippen molar-refractivity contribution in [2.24, 2.45) is 0 Å². The van der Waals surface area contributed by atoms with Gasteiger partial charge in [0.1, 0.15) is 5.82 Å². The van der Waals surface area contributed by atoms with Gasteiger partial charge in [0.05, 0.1) is 11.2 Å². The lowest BCUT2D eigenvalue weighted by atomic mass is 9.79. The molecule has 0 aromatic heterocycles. The summed E-state index contributed by atoms with van der Waals surface area (Å²) < 4.78 is 25.4. The maximum Gasteiger partial charge on any atom is 0.461 e. The van der Waals surface area contributed by atoms with Crippen LogP contribution in [0.25, 0.3) is 0 Å². The summed E-state index contributed by atoms with van der Waals surface area (Å²) in [6.07, 6.45) is 1.06. The third-order valence-electron chi connectivity index (χ3n) is 5.09. The average Bonchev–Trinajstić information content (AvgIpc) is 3.02. The fourth-order valence-electron chi connectivity index (χ4n) is 2.99. The highest BCUT2D eigenvalue weighted by Crippen LogP contribution is 2.58. The van der Waals surface area contributed by atoms with Gasteiger partial charge in [0.2, 0.25) is 0 Å². The second-order valence-electron chi connectivity index (χ2n) is 7.13. The number of halogens is 1. The number of benzene rings is 1. The molecule has 1 heterocycles. The molecule has 0 unspecified atom stereocenters. The van der Waals surface area contributed by atoms with E-state index in [1.807, 2.05) is 13.0 Å². The van der Waals surface area contributed by atoms with Gasteiger partial charge in [-0.2, -0.15) is 0 Å². The van der Waals surface area contributed by atoms with Crippen molar-refractivity contribution in [2.75, 3.05) is 0 Å². The predicted octanol–water partition coefficient (Wildman–Crippen LogP) is 4.08. The third kappa shape index (κ3) is 2.19. The third-order valence-corrected chi connectivity index (χ3v) is 5.09. The molecule has 3 rings (SSSR count). The van der Waals surface area contributed by atoms with E-state index in [-0.39, 0.29) is 24.1 Å². The summed E-state index contributed by atoms with van der Waals surface area (Å²) in [6.45, 7) is 10.3. The van der Waals surface area contributed by atoms with Crippen molar-refractivity contribution < 1.29 is 13.7 Å². The van der Waals surface area contributed by atoms with Crippen molar-refractivity contribution >= 4 is 7.12 Å². The number of hydrogen-bond acceptors (Lipinski definition) is 2. The van der Waals surface area contributed by atoms with Crippen LogP contribution in [0, 0.1) is 12.7 Å². The SMILES string of the molecule is Cc1cc(F)ccc1[C@@H]1C[C@H]1B1OC(C)(C)C(C)(C)O1. The molecule has 2 atom stereocenters. The molecule has 1 saturated carbocycles. The molecule has 20 heavy (non-hydrogen) atoms. The van der Waals surface area contributed by atoms with Gasteiger partial charge >= 0.3 is 7.12 Å². The molecular weight excluding hydrogens is 254 g/mol. The molecule has 4 heteroatoms. The Kier molecular flexibility index (Phi) is 3.04. The molecule has 0 radical (unpaired) electrons. The van der Waals surface area contributed by atoms with Gasteiger partial charge in [-0.15, -0.1) is 0 Å². The molecule has 1 aromatic rings. The fourth-order valence-corrected chi connectivity index (χ4v) is 2.99. The smallest absolute Gasteiger partial charge is 0.403 e. The van der Waals surface area contributed by atoms with Crippen molar-refractivity contribution in [3.8, 4) is 0 Å². The van der Waals surface area contributed by atoms with Gasteiger partial charge in [-0.3, -0.25) is 0 Å². The van der Waals surface area contributed by atoms with Gasteiger partial charge in [0.25, 0.3) is 0 Å². The summed E-state index contributed by atoms with van der Waals surface area (Å²) in [6, 6.07) is 5.05. The lowest BCUT2D eigenvalue weighted by Gasteiger charge is -2.32. The first kappa shape index (κ1) is 14.1. The standard InChI is InChI=1S/C16H22BFO2/c1-10-8-11(18)6-7-12(10)13-9-14(13)17-19-15(2,3)16(4,5)20-17/h6-8,13-14H,9H2,1-5H3/t13-,14+/m0/s1. The van der Waals surface area contributed by atoms with Gasteiger partial charge < -0.3 is 9.31 Å². The molecule has 2 nitrogen and oxygen atoms in total. The zero-order chi connectivity index (χ0) is 14.7. The van der Waals surface area contributed by atoms with E-state index in [1.54, 1.807) is 12.1 Å². The normalized spacial score (nSPS) is 30.6. The van der Waals surface area contributed by atoms with E-state index in [9.17, 15) is 4.39 Å². The molecule has 0 spiro atoms. The largest absolute Gasteiger partial charge is 0.461 e. The first-order valence-electron chi connectivity index (χ1n) is 7.33. The lowest BCUT2D eigenvalue weighted by Crippen LogP contribution is -2.41. The van der Waals surface area contributed by atoms with Crippen LogP contribution in [0.4, 0.5) is 4.39 Å². The van der Waals surface area contributed by atoms with E-state index in [0.29, 0.717) is 11.7 Å².